The predicted molar refractivity (Wildman–Crippen MR) is 74.1 cm³/mol. The third-order valence-electron chi connectivity index (χ3n) is 2.70. The van der Waals surface area contributed by atoms with Crippen LogP contribution in [0.3, 0.4) is 0 Å². The maximum atomic E-state index is 12.0. The molecule has 100 valence electrons. The Morgan fingerprint density at radius 1 is 1.56 bits per heavy atom. The summed E-state index contributed by atoms with van der Waals surface area (Å²) >= 11 is 1.24. The van der Waals surface area contributed by atoms with E-state index in [-0.39, 0.29) is 5.91 Å². The van der Waals surface area contributed by atoms with Crippen LogP contribution in [0.15, 0.2) is 0 Å². The van der Waals surface area contributed by atoms with Crippen LogP contribution in [0.4, 0.5) is 10.8 Å². The van der Waals surface area contributed by atoms with E-state index in [1.807, 2.05) is 14.1 Å². The number of aromatic nitrogens is 1. The summed E-state index contributed by atoms with van der Waals surface area (Å²) in [5.74, 6) is 0.196. The molecule has 18 heavy (non-hydrogen) atoms. The number of nitrogens with two attached hydrogens (primary N) is 1. The number of nitrogen functional groups attached to an aromatic ring is 1. The quantitative estimate of drug-likeness (QED) is 0.704. The zero-order valence-corrected chi connectivity index (χ0v) is 11.5. The minimum absolute atomic E-state index is 0.115. The third-order valence-corrected chi connectivity index (χ3v) is 3.52. The highest BCUT2D eigenvalue weighted by atomic mass is 32.1. The Labute approximate surface area is 111 Å². The summed E-state index contributed by atoms with van der Waals surface area (Å²) in [6, 6.07) is 0.325. The second kappa shape index (κ2) is 5.53. The Kier molecular flexibility index (Phi) is 4.03. The minimum atomic E-state index is -0.115. The number of amides is 1. The van der Waals surface area contributed by atoms with E-state index in [0.717, 1.165) is 30.9 Å². The van der Waals surface area contributed by atoms with E-state index in [9.17, 15) is 4.79 Å². The highest BCUT2D eigenvalue weighted by Crippen LogP contribution is 2.28. The summed E-state index contributed by atoms with van der Waals surface area (Å²) < 4.78 is 4.05. The van der Waals surface area contributed by atoms with Gasteiger partial charge in [-0.2, -0.15) is 4.37 Å². The second-order valence-electron chi connectivity index (χ2n) is 4.75. The standard InChI is InChI=1S/C11H19N5OS/c1-16(2)6-5-13-11-8(9(12)15-18-11)10(17)14-7-3-4-7/h7,13H,3-6H2,1-2H3,(H2,12,15)(H,14,17). The molecule has 2 rings (SSSR count). The fraction of sp³-hybridized carbons (Fsp3) is 0.636. The monoisotopic (exact) mass is 269 g/mol. The maximum Gasteiger partial charge on any atom is 0.258 e. The van der Waals surface area contributed by atoms with Crippen molar-refractivity contribution in [2.24, 2.45) is 0 Å². The molecule has 0 aromatic carbocycles. The first kappa shape index (κ1) is 13.1. The lowest BCUT2D eigenvalue weighted by Crippen LogP contribution is -2.27. The molecular weight excluding hydrogens is 250 g/mol. The first-order valence-electron chi connectivity index (χ1n) is 6.02. The average molecular weight is 269 g/mol. The largest absolute Gasteiger partial charge is 0.382 e. The van der Waals surface area contributed by atoms with E-state index in [0.29, 0.717) is 17.4 Å². The molecule has 1 saturated carbocycles. The van der Waals surface area contributed by atoms with Crippen LogP contribution in [0.25, 0.3) is 0 Å². The van der Waals surface area contributed by atoms with Gasteiger partial charge in [-0.25, -0.2) is 0 Å². The van der Waals surface area contributed by atoms with Gasteiger partial charge in [-0.3, -0.25) is 4.79 Å². The van der Waals surface area contributed by atoms with E-state index in [2.05, 4.69) is 19.9 Å². The lowest BCUT2D eigenvalue weighted by Gasteiger charge is -2.11. The highest BCUT2D eigenvalue weighted by Gasteiger charge is 2.27. The molecular formula is C11H19N5OS. The van der Waals surface area contributed by atoms with Crippen molar-refractivity contribution in [1.82, 2.24) is 14.6 Å². The number of anilines is 2. The molecule has 1 aromatic rings. The van der Waals surface area contributed by atoms with E-state index in [1.54, 1.807) is 0 Å². The fourth-order valence-corrected chi connectivity index (χ4v) is 2.26. The molecule has 1 aliphatic rings. The van der Waals surface area contributed by atoms with Crippen molar-refractivity contribution in [2.75, 3.05) is 38.2 Å². The van der Waals surface area contributed by atoms with Gasteiger partial charge in [-0.15, -0.1) is 0 Å². The van der Waals surface area contributed by atoms with Gasteiger partial charge in [0.05, 0.1) is 0 Å². The number of hydrogen-bond acceptors (Lipinski definition) is 6. The minimum Gasteiger partial charge on any atom is -0.382 e. The molecule has 6 nitrogen and oxygen atoms in total. The summed E-state index contributed by atoms with van der Waals surface area (Å²) in [7, 11) is 4.01. The summed E-state index contributed by atoms with van der Waals surface area (Å²) in [5, 5.41) is 6.90. The normalized spacial score (nSPS) is 14.8. The van der Waals surface area contributed by atoms with Gasteiger partial charge < -0.3 is 21.3 Å². The number of rotatable bonds is 6. The van der Waals surface area contributed by atoms with Gasteiger partial charge in [-0.1, -0.05) is 0 Å². The van der Waals surface area contributed by atoms with Gasteiger partial charge in [0, 0.05) is 19.1 Å². The van der Waals surface area contributed by atoms with Crippen molar-refractivity contribution < 1.29 is 4.79 Å². The molecule has 1 amide bonds. The summed E-state index contributed by atoms with van der Waals surface area (Å²) in [6.07, 6.45) is 2.12. The average Bonchev–Trinajstić information content (AvgIpc) is 3.01. The smallest absolute Gasteiger partial charge is 0.258 e. The summed E-state index contributed by atoms with van der Waals surface area (Å²) in [5.41, 5.74) is 6.25. The van der Waals surface area contributed by atoms with Gasteiger partial charge in [-0.05, 0) is 38.5 Å². The van der Waals surface area contributed by atoms with Crippen molar-refractivity contribution in [2.45, 2.75) is 18.9 Å². The van der Waals surface area contributed by atoms with E-state index in [1.165, 1.54) is 11.5 Å². The molecule has 0 bridgehead atoms. The van der Waals surface area contributed by atoms with E-state index in [4.69, 9.17) is 5.73 Å². The van der Waals surface area contributed by atoms with Crippen LogP contribution in [0.1, 0.15) is 23.2 Å². The topological polar surface area (TPSA) is 83.3 Å². The van der Waals surface area contributed by atoms with Gasteiger partial charge in [0.2, 0.25) is 0 Å². The fourth-order valence-electron chi connectivity index (χ4n) is 1.52. The van der Waals surface area contributed by atoms with Crippen molar-refractivity contribution in [3.05, 3.63) is 5.56 Å². The van der Waals surface area contributed by atoms with Crippen LogP contribution >= 0.6 is 11.5 Å². The van der Waals surface area contributed by atoms with Crippen molar-refractivity contribution in [3.8, 4) is 0 Å². The van der Waals surface area contributed by atoms with Crippen LogP contribution in [0.5, 0.6) is 0 Å². The SMILES string of the molecule is CN(C)CCNc1snc(N)c1C(=O)NC1CC1. The molecule has 0 atom stereocenters. The van der Waals surface area contributed by atoms with Gasteiger partial charge in [0.15, 0.2) is 5.82 Å². The predicted octanol–water partition coefficient (Wildman–Crippen LogP) is 0.591. The Morgan fingerprint density at radius 2 is 2.28 bits per heavy atom. The Balaban J connectivity index is 1.98. The molecule has 0 spiro atoms. The molecule has 4 N–H and O–H groups in total. The lowest BCUT2D eigenvalue weighted by atomic mass is 10.3. The molecule has 0 saturated heterocycles. The van der Waals surface area contributed by atoms with Gasteiger partial charge in [0.1, 0.15) is 10.6 Å². The van der Waals surface area contributed by atoms with Crippen LogP contribution in [-0.4, -0.2) is 48.4 Å². The summed E-state index contributed by atoms with van der Waals surface area (Å²) in [6.45, 7) is 1.65. The Morgan fingerprint density at radius 3 is 2.89 bits per heavy atom. The van der Waals surface area contributed by atoms with Crippen LogP contribution in [0.2, 0.25) is 0 Å². The molecule has 7 heteroatoms. The molecule has 0 unspecified atom stereocenters. The first-order valence-corrected chi connectivity index (χ1v) is 6.80. The third kappa shape index (κ3) is 3.33. The van der Waals surface area contributed by atoms with Gasteiger partial charge in [0.25, 0.3) is 5.91 Å². The van der Waals surface area contributed by atoms with E-state index < -0.39 is 0 Å². The second-order valence-corrected chi connectivity index (χ2v) is 5.52. The maximum absolute atomic E-state index is 12.0. The number of carbonyl (C=O) groups excluding carboxylic acids is 1. The van der Waals surface area contributed by atoms with Crippen LogP contribution in [-0.2, 0) is 0 Å². The molecule has 1 heterocycles. The molecule has 1 aromatic heterocycles. The zero-order chi connectivity index (χ0) is 13.1. The molecule has 0 aliphatic heterocycles. The number of hydrogen-bond donors (Lipinski definition) is 3. The number of nitrogens with one attached hydrogen (secondary N) is 2. The van der Waals surface area contributed by atoms with Gasteiger partial charge >= 0.3 is 0 Å². The van der Waals surface area contributed by atoms with Crippen molar-refractivity contribution in [1.29, 1.82) is 0 Å². The van der Waals surface area contributed by atoms with Crippen LogP contribution in [0, 0.1) is 0 Å². The molecule has 0 radical (unpaired) electrons. The zero-order valence-electron chi connectivity index (χ0n) is 10.7. The van der Waals surface area contributed by atoms with E-state index >= 15 is 0 Å². The van der Waals surface area contributed by atoms with Crippen molar-refractivity contribution >= 4 is 28.3 Å². The highest BCUT2D eigenvalue weighted by molar-refractivity contribution is 7.11. The molecule has 1 aliphatic carbocycles. The Bertz CT molecular complexity index is 427. The van der Waals surface area contributed by atoms with Crippen LogP contribution < -0.4 is 16.4 Å². The lowest BCUT2D eigenvalue weighted by molar-refractivity contribution is 0.0953. The number of carbonyl (C=O) groups is 1. The number of likely N-dealkylation sites (N-methyl/N-ethyl adjacent to an activating group) is 1. The Hall–Kier alpha value is -1.34. The molecule has 1 fully saturated rings. The number of nitrogens with zero attached hydrogens (tertiary/aromatic N) is 2. The van der Waals surface area contributed by atoms with Crippen molar-refractivity contribution in [3.63, 3.8) is 0 Å². The summed E-state index contributed by atoms with van der Waals surface area (Å²) in [4.78, 5) is 14.1. The first-order chi connectivity index (χ1) is 8.58.